The van der Waals surface area contributed by atoms with Gasteiger partial charge in [-0.3, -0.25) is 0 Å². The van der Waals surface area contributed by atoms with Gasteiger partial charge in [0.15, 0.2) is 0 Å². The number of hydrogen-bond donors (Lipinski definition) is 1. The number of amides is 1. The van der Waals surface area contributed by atoms with Crippen molar-refractivity contribution in [3.05, 3.63) is 53.6 Å². The summed E-state index contributed by atoms with van der Waals surface area (Å²) in [6.45, 7) is 5.65. The van der Waals surface area contributed by atoms with E-state index >= 15 is 0 Å². The second-order valence-electron chi connectivity index (χ2n) is 12.0. The third kappa shape index (κ3) is 6.92. The van der Waals surface area contributed by atoms with Crippen LogP contribution >= 0.6 is 0 Å². The van der Waals surface area contributed by atoms with E-state index in [0.29, 0.717) is 39.6 Å². The highest BCUT2D eigenvalue weighted by atomic mass is 16.6. The van der Waals surface area contributed by atoms with Gasteiger partial charge in [0, 0.05) is 52.2 Å². The van der Waals surface area contributed by atoms with Crippen LogP contribution in [0.3, 0.4) is 0 Å². The van der Waals surface area contributed by atoms with Gasteiger partial charge in [-0.05, 0) is 41.8 Å². The lowest BCUT2D eigenvalue weighted by molar-refractivity contribution is -0.0912. The normalized spacial score (nSPS) is 25.8. The van der Waals surface area contributed by atoms with E-state index in [1.165, 1.54) is 4.90 Å². The van der Waals surface area contributed by atoms with Crippen LogP contribution in [0.15, 0.2) is 42.5 Å². The van der Waals surface area contributed by atoms with E-state index in [4.69, 9.17) is 33.2 Å². The van der Waals surface area contributed by atoms with E-state index in [1.807, 2.05) is 36.4 Å². The summed E-state index contributed by atoms with van der Waals surface area (Å²) < 4.78 is 41.4. The minimum absolute atomic E-state index is 0.00737. The van der Waals surface area contributed by atoms with Gasteiger partial charge in [0.05, 0.1) is 57.9 Å². The fraction of sp³-hybridized carbons (Fsp3) is 0.606. The molecule has 0 bridgehead atoms. The summed E-state index contributed by atoms with van der Waals surface area (Å²) in [7, 11) is 3.36. The molecule has 3 saturated heterocycles. The molecule has 1 spiro atoms. The van der Waals surface area contributed by atoms with Gasteiger partial charge in [-0.1, -0.05) is 18.2 Å². The van der Waals surface area contributed by atoms with Crippen LogP contribution in [0, 0.1) is 0 Å². The minimum atomic E-state index is -0.985. The molecular weight excluding hydrogens is 568 g/mol. The summed E-state index contributed by atoms with van der Waals surface area (Å²) in [5.74, 6) is 1.43. The third-order valence-electron chi connectivity index (χ3n) is 9.30. The Balaban J connectivity index is 1.20. The van der Waals surface area contributed by atoms with E-state index in [2.05, 4.69) is 11.0 Å². The van der Waals surface area contributed by atoms with Gasteiger partial charge >= 0.3 is 6.09 Å². The maximum absolute atomic E-state index is 12.3. The fourth-order valence-corrected chi connectivity index (χ4v) is 6.75. The first kappa shape index (κ1) is 30.9. The summed E-state index contributed by atoms with van der Waals surface area (Å²) in [5.41, 5.74) is 2.89. The fourth-order valence-electron chi connectivity index (χ4n) is 6.75. The largest absolute Gasteiger partial charge is 0.497 e. The van der Waals surface area contributed by atoms with E-state index in [-0.39, 0.29) is 30.7 Å². The molecule has 6 rings (SSSR count). The number of hydrogen-bond acceptors (Lipinski definition) is 9. The molecule has 4 atom stereocenters. The molecule has 4 aliphatic heterocycles. The highest BCUT2D eigenvalue weighted by molar-refractivity contribution is 5.65. The molecule has 11 nitrogen and oxygen atoms in total. The zero-order valence-corrected chi connectivity index (χ0v) is 25.7. The van der Waals surface area contributed by atoms with Gasteiger partial charge in [0.2, 0.25) is 0 Å². The molecule has 4 heterocycles. The van der Waals surface area contributed by atoms with Crippen molar-refractivity contribution in [3.8, 4) is 11.5 Å². The maximum atomic E-state index is 12.3. The van der Waals surface area contributed by atoms with Crippen LogP contribution in [0.2, 0.25) is 0 Å². The second kappa shape index (κ2) is 13.9. The Labute approximate surface area is 258 Å². The molecule has 11 heteroatoms. The number of carboxylic acid groups (broad SMARTS) is 1. The average Bonchev–Trinajstić information content (AvgIpc) is 3.73. The Morgan fingerprint density at radius 1 is 1.02 bits per heavy atom. The molecule has 0 saturated carbocycles. The molecule has 240 valence electrons. The molecular formula is C33H44N2O9. The van der Waals surface area contributed by atoms with Crippen LogP contribution in [-0.4, -0.2) is 113 Å². The number of rotatable bonds is 12. The molecule has 1 amide bonds. The molecule has 0 radical (unpaired) electrons. The lowest BCUT2D eigenvalue weighted by Gasteiger charge is -2.42. The highest BCUT2D eigenvalue weighted by Crippen LogP contribution is 2.45. The number of likely N-dealkylation sites (tertiary alicyclic amines) is 1. The summed E-state index contributed by atoms with van der Waals surface area (Å²) in [4.78, 5) is 16.0. The van der Waals surface area contributed by atoms with Crippen LogP contribution in [-0.2, 0) is 30.3 Å². The Bertz CT molecular complexity index is 1250. The molecule has 4 aliphatic rings. The molecule has 2 aromatic rings. The first-order chi connectivity index (χ1) is 21.5. The number of fused-ring (bicyclic) bond motifs is 1. The van der Waals surface area contributed by atoms with Crippen molar-refractivity contribution in [2.45, 2.75) is 55.7 Å². The van der Waals surface area contributed by atoms with Gasteiger partial charge in [-0.2, -0.15) is 0 Å². The molecule has 0 aromatic heterocycles. The first-order valence-electron chi connectivity index (χ1n) is 15.6. The standard InChI is InChI=1S/C33H44N2O9/c1-38-14-3-12-34-13-17-41-27-9-4-23(18-26(27)34)21-42-28-19-35(32(36)37)20-29(31(28)24-5-7-25(39-2)8-6-24)43-22-30-33(44-30)10-15-40-16-11-33/h4-9,18,28-31H,3,10-17,19-22H2,1-2H3,(H,36,37)/t28-,29+,30?,31+/m0/s1. The number of carbonyl (C=O) groups is 1. The van der Waals surface area contributed by atoms with E-state index in [9.17, 15) is 9.90 Å². The van der Waals surface area contributed by atoms with Crippen molar-refractivity contribution in [2.75, 3.05) is 78.3 Å². The molecule has 44 heavy (non-hydrogen) atoms. The van der Waals surface area contributed by atoms with Gasteiger partial charge in [-0.25, -0.2) is 4.79 Å². The van der Waals surface area contributed by atoms with Gasteiger partial charge in [0.1, 0.15) is 29.8 Å². The van der Waals surface area contributed by atoms with Crippen molar-refractivity contribution in [1.29, 1.82) is 0 Å². The number of benzene rings is 2. The summed E-state index contributed by atoms with van der Waals surface area (Å²) >= 11 is 0. The topological polar surface area (TPSA) is 112 Å². The summed E-state index contributed by atoms with van der Waals surface area (Å²) in [5, 5.41) is 10.1. The summed E-state index contributed by atoms with van der Waals surface area (Å²) in [6.07, 6.45) is 0.809. The second-order valence-corrected chi connectivity index (χ2v) is 12.0. The first-order valence-corrected chi connectivity index (χ1v) is 15.6. The predicted octanol–water partition coefficient (Wildman–Crippen LogP) is 3.93. The van der Waals surface area contributed by atoms with E-state index < -0.39 is 18.3 Å². The molecule has 2 aromatic carbocycles. The van der Waals surface area contributed by atoms with E-state index in [1.54, 1.807) is 14.2 Å². The Morgan fingerprint density at radius 2 is 1.80 bits per heavy atom. The van der Waals surface area contributed by atoms with Crippen molar-refractivity contribution in [1.82, 2.24) is 4.90 Å². The van der Waals surface area contributed by atoms with Crippen molar-refractivity contribution >= 4 is 11.8 Å². The van der Waals surface area contributed by atoms with Crippen LogP contribution in [0.5, 0.6) is 11.5 Å². The molecule has 0 aliphatic carbocycles. The van der Waals surface area contributed by atoms with Crippen LogP contribution < -0.4 is 14.4 Å². The quantitative estimate of drug-likeness (QED) is 0.280. The average molecular weight is 613 g/mol. The molecule has 1 unspecified atom stereocenters. The smallest absolute Gasteiger partial charge is 0.407 e. The van der Waals surface area contributed by atoms with Crippen LogP contribution in [0.1, 0.15) is 36.3 Å². The van der Waals surface area contributed by atoms with Gasteiger partial charge in [-0.15, -0.1) is 0 Å². The predicted molar refractivity (Wildman–Crippen MR) is 162 cm³/mol. The molecule has 3 fully saturated rings. The van der Waals surface area contributed by atoms with Crippen LogP contribution in [0.4, 0.5) is 10.5 Å². The van der Waals surface area contributed by atoms with Crippen molar-refractivity contribution in [2.24, 2.45) is 0 Å². The number of methoxy groups -OCH3 is 2. The zero-order valence-electron chi connectivity index (χ0n) is 25.7. The number of anilines is 1. The van der Waals surface area contributed by atoms with Crippen LogP contribution in [0.25, 0.3) is 0 Å². The zero-order chi connectivity index (χ0) is 30.5. The van der Waals surface area contributed by atoms with Crippen molar-refractivity contribution < 1.29 is 43.1 Å². The van der Waals surface area contributed by atoms with Crippen molar-refractivity contribution in [3.63, 3.8) is 0 Å². The monoisotopic (exact) mass is 612 g/mol. The molecule has 1 N–H and O–H groups in total. The lowest BCUT2D eigenvalue weighted by atomic mass is 9.84. The number of piperidine rings is 1. The SMILES string of the molecule is COCCCN1CCOc2ccc(CO[C@H]3CN(C(=O)O)C[C@@H](OCC4OC45CCOCC5)[C@@H]3c3ccc(OC)cc3)cc21. The number of nitrogens with zero attached hydrogens (tertiary/aromatic N) is 2. The number of ether oxygens (including phenoxy) is 7. The maximum Gasteiger partial charge on any atom is 0.407 e. The Hall–Kier alpha value is -3.09. The summed E-state index contributed by atoms with van der Waals surface area (Å²) in [6, 6.07) is 14.0. The van der Waals surface area contributed by atoms with Gasteiger partial charge in [0.25, 0.3) is 0 Å². The van der Waals surface area contributed by atoms with E-state index in [0.717, 1.165) is 60.7 Å². The highest BCUT2D eigenvalue weighted by Gasteiger charge is 2.57. The van der Waals surface area contributed by atoms with Gasteiger partial charge < -0.3 is 48.1 Å². The Kier molecular flexibility index (Phi) is 9.77. The number of epoxide rings is 1. The Morgan fingerprint density at radius 3 is 2.52 bits per heavy atom. The third-order valence-corrected chi connectivity index (χ3v) is 9.30. The minimum Gasteiger partial charge on any atom is -0.497 e. The lowest BCUT2D eigenvalue weighted by Crippen LogP contribution is -2.54.